The number of ether oxygens (including phenoxy) is 1. The van der Waals surface area contributed by atoms with Crippen LogP contribution in [0.4, 0.5) is 5.69 Å². The fourth-order valence-electron chi connectivity index (χ4n) is 1.85. The van der Waals surface area contributed by atoms with Crippen LogP contribution in [0.2, 0.25) is 0 Å². The van der Waals surface area contributed by atoms with E-state index in [0.29, 0.717) is 0 Å². The molecule has 0 fully saturated rings. The Morgan fingerprint density at radius 3 is 2.26 bits per heavy atom. The highest BCUT2D eigenvalue weighted by Crippen LogP contribution is 2.12. The lowest BCUT2D eigenvalue weighted by molar-refractivity contribution is 0.194. The summed E-state index contributed by atoms with van der Waals surface area (Å²) in [6.45, 7) is 7.19. The monoisotopic (exact) mass is 265 g/mol. The molecule has 4 heteroatoms. The average Bonchev–Trinajstić information content (AvgIpc) is 2.38. The van der Waals surface area contributed by atoms with Gasteiger partial charge in [0, 0.05) is 25.3 Å². The zero-order valence-electron chi connectivity index (χ0n) is 12.4. The summed E-state index contributed by atoms with van der Waals surface area (Å²) < 4.78 is 5.73. The molecule has 1 aromatic rings. The van der Waals surface area contributed by atoms with E-state index in [1.54, 1.807) is 0 Å². The van der Waals surface area contributed by atoms with Gasteiger partial charge in [-0.1, -0.05) is 6.92 Å². The van der Waals surface area contributed by atoms with E-state index in [1.807, 2.05) is 24.3 Å². The molecule has 0 bridgehead atoms. The molecule has 0 aliphatic carbocycles. The number of hydrogen-bond donors (Lipinski definition) is 1. The summed E-state index contributed by atoms with van der Waals surface area (Å²) in [5, 5.41) is 0. The largest absolute Gasteiger partial charge is 0.492 e. The van der Waals surface area contributed by atoms with Crippen molar-refractivity contribution in [1.29, 1.82) is 0 Å². The van der Waals surface area contributed by atoms with Gasteiger partial charge >= 0.3 is 0 Å². The van der Waals surface area contributed by atoms with Crippen LogP contribution >= 0.6 is 0 Å². The fourth-order valence-corrected chi connectivity index (χ4v) is 1.85. The summed E-state index contributed by atoms with van der Waals surface area (Å²) in [7, 11) is 4.21. The van der Waals surface area contributed by atoms with Gasteiger partial charge in [-0.3, -0.25) is 4.90 Å². The average molecular weight is 265 g/mol. The fraction of sp³-hybridized carbons (Fsp3) is 0.600. The van der Waals surface area contributed by atoms with Crippen LogP contribution in [0.25, 0.3) is 0 Å². The zero-order chi connectivity index (χ0) is 14.1. The van der Waals surface area contributed by atoms with Crippen LogP contribution in [0.1, 0.15) is 13.3 Å². The van der Waals surface area contributed by atoms with Crippen LogP contribution in [-0.4, -0.2) is 56.7 Å². The molecular weight excluding hydrogens is 238 g/mol. The van der Waals surface area contributed by atoms with Gasteiger partial charge in [0.15, 0.2) is 0 Å². The van der Waals surface area contributed by atoms with Crippen molar-refractivity contribution in [2.45, 2.75) is 13.3 Å². The molecule has 0 aromatic heterocycles. The van der Waals surface area contributed by atoms with E-state index < -0.39 is 0 Å². The van der Waals surface area contributed by atoms with E-state index >= 15 is 0 Å². The van der Waals surface area contributed by atoms with Crippen molar-refractivity contribution in [1.82, 2.24) is 9.80 Å². The highest BCUT2D eigenvalue weighted by atomic mass is 16.5. The third kappa shape index (κ3) is 7.03. The normalized spacial score (nSPS) is 11.2. The Morgan fingerprint density at radius 1 is 1.00 bits per heavy atom. The van der Waals surface area contributed by atoms with Gasteiger partial charge in [0.1, 0.15) is 12.4 Å². The molecule has 2 N–H and O–H groups in total. The number of likely N-dealkylation sites (N-methyl/N-ethyl adjacent to an activating group) is 1. The first kappa shape index (κ1) is 15.8. The third-order valence-electron chi connectivity index (χ3n) is 2.96. The van der Waals surface area contributed by atoms with Crippen LogP contribution in [0.5, 0.6) is 5.75 Å². The van der Waals surface area contributed by atoms with Gasteiger partial charge < -0.3 is 15.4 Å². The second kappa shape index (κ2) is 8.77. The molecule has 19 heavy (non-hydrogen) atoms. The van der Waals surface area contributed by atoms with E-state index in [0.717, 1.165) is 44.2 Å². The van der Waals surface area contributed by atoms with E-state index in [4.69, 9.17) is 10.5 Å². The molecular formula is C15H27N3O. The number of anilines is 1. The van der Waals surface area contributed by atoms with Crippen LogP contribution in [-0.2, 0) is 0 Å². The summed E-state index contributed by atoms with van der Waals surface area (Å²) in [6.07, 6.45) is 1.18. The molecule has 1 aromatic carbocycles. The number of benzene rings is 1. The second-order valence-electron chi connectivity index (χ2n) is 5.06. The lowest BCUT2D eigenvalue weighted by Gasteiger charge is -2.23. The molecule has 0 atom stereocenters. The highest BCUT2D eigenvalue weighted by molar-refractivity contribution is 5.41. The minimum absolute atomic E-state index is 0.720. The molecule has 0 spiro atoms. The van der Waals surface area contributed by atoms with Gasteiger partial charge in [0.05, 0.1) is 0 Å². The lowest BCUT2D eigenvalue weighted by atomic mass is 10.3. The predicted octanol–water partition coefficient (Wildman–Crippen LogP) is 1.92. The predicted molar refractivity (Wildman–Crippen MR) is 81.6 cm³/mol. The number of rotatable bonds is 9. The minimum atomic E-state index is 0.720. The maximum absolute atomic E-state index is 5.73. The smallest absolute Gasteiger partial charge is 0.119 e. The summed E-state index contributed by atoms with van der Waals surface area (Å²) in [5.74, 6) is 0.887. The van der Waals surface area contributed by atoms with Gasteiger partial charge in [-0.05, 0) is 51.3 Å². The molecule has 0 amide bonds. The van der Waals surface area contributed by atoms with Crippen molar-refractivity contribution in [3.8, 4) is 5.75 Å². The maximum Gasteiger partial charge on any atom is 0.119 e. The Hall–Kier alpha value is -1.26. The van der Waals surface area contributed by atoms with Gasteiger partial charge in [-0.25, -0.2) is 0 Å². The van der Waals surface area contributed by atoms with Crippen molar-refractivity contribution >= 4 is 5.69 Å². The molecule has 0 heterocycles. The van der Waals surface area contributed by atoms with Gasteiger partial charge in [0.2, 0.25) is 0 Å². The summed E-state index contributed by atoms with van der Waals surface area (Å²) >= 11 is 0. The number of hydrogen-bond acceptors (Lipinski definition) is 4. The van der Waals surface area contributed by atoms with Crippen LogP contribution < -0.4 is 10.5 Å². The third-order valence-corrected chi connectivity index (χ3v) is 2.96. The molecule has 0 aliphatic heterocycles. The van der Waals surface area contributed by atoms with Crippen molar-refractivity contribution in [3.05, 3.63) is 24.3 Å². The Bertz CT molecular complexity index is 338. The van der Waals surface area contributed by atoms with Crippen LogP contribution in [0.3, 0.4) is 0 Å². The van der Waals surface area contributed by atoms with E-state index in [1.165, 1.54) is 6.42 Å². The lowest BCUT2D eigenvalue weighted by Crippen LogP contribution is -2.35. The van der Waals surface area contributed by atoms with Crippen LogP contribution in [0.15, 0.2) is 24.3 Å². The summed E-state index contributed by atoms with van der Waals surface area (Å²) in [5.41, 5.74) is 6.41. The molecule has 0 saturated carbocycles. The van der Waals surface area contributed by atoms with Gasteiger partial charge in [-0.2, -0.15) is 0 Å². The van der Waals surface area contributed by atoms with Crippen LogP contribution in [0, 0.1) is 0 Å². The Balaban J connectivity index is 2.28. The molecule has 0 saturated heterocycles. The van der Waals surface area contributed by atoms with Crippen molar-refractivity contribution in [2.75, 3.05) is 52.6 Å². The van der Waals surface area contributed by atoms with E-state index in [2.05, 4.69) is 30.8 Å². The number of nitrogens with zero attached hydrogens (tertiary/aromatic N) is 2. The van der Waals surface area contributed by atoms with Crippen molar-refractivity contribution in [2.24, 2.45) is 0 Å². The standard InChI is InChI=1S/C15H27N3O/c1-4-9-18(11-10-17(2)3)12-13-19-15-7-5-14(16)6-8-15/h5-8H,4,9-13,16H2,1-3H3. The number of nitrogen functional groups attached to an aromatic ring is 1. The maximum atomic E-state index is 5.73. The first-order valence-corrected chi connectivity index (χ1v) is 6.97. The summed E-state index contributed by atoms with van der Waals surface area (Å²) in [4.78, 5) is 4.65. The summed E-state index contributed by atoms with van der Waals surface area (Å²) in [6, 6.07) is 7.56. The Morgan fingerprint density at radius 2 is 1.68 bits per heavy atom. The topological polar surface area (TPSA) is 41.7 Å². The molecule has 108 valence electrons. The van der Waals surface area contributed by atoms with E-state index in [9.17, 15) is 0 Å². The van der Waals surface area contributed by atoms with Gasteiger partial charge in [-0.15, -0.1) is 0 Å². The van der Waals surface area contributed by atoms with Gasteiger partial charge in [0.25, 0.3) is 0 Å². The molecule has 1 rings (SSSR count). The Kier molecular flexibility index (Phi) is 7.30. The molecule has 4 nitrogen and oxygen atoms in total. The van der Waals surface area contributed by atoms with E-state index in [-0.39, 0.29) is 0 Å². The Labute approximate surface area is 117 Å². The van der Waals surface area contributed by atoms with Crippen molar-refractivity contribution in [3.63, 3.8) is 0 Å². The SMILES string of the molecule is CCCN(CCOc1ccc(N)cc1)CCN(C)C. The molecule has 0 aliphatic rings. The number of nitrogens with two attached hydrogens (primary N) is 1. The quantitative estimate of drug-likeness (QED) is 0.693. The first-order chi connectivity index (χ1) is 9.11. The second-order valence-corrected chi connectivity index (χ2v) is 5.06. The minimum Gasteiger partial charge on any atom is -0.492 e. The molecule has 0 unspecified atom stereocenters. The molecule has 0 radical (unpaired) electrons. The first-order valence-electron chi connectivity index (χ1n) is 6.97. The zero-order valence-corrected chi connectivity index (χ0v) is 12.4. The van der Waals surface area contributed by atoms with Crippen molar-refractivity contribution < 1.29 is 4.74 Å². The highest BCUT2D eigenvalue weighted by Gasteiger charge is 2.04.